The predicted molar refractivity (Wildman–Crippen MR) is 91.7 cm³/mol. The number of carbonyl (C=O) groups is 1. The maximum Gasteiger partial charge on any atom is 0.258 e. The predicted octanol–water partition coefficient (Wildman–Crippen LogP) is 2.88. The van der Waals surface area contributed by atoms with Gasteiger partial charge in [-0.1, -0.05) is 38.1 Å². The summed E-state index contributed by atoms with van der Waals surface area (Å²) >= 11 is 0. The number of aromatic nitrogens is 2. The molecule has 0 radical (unpaired) electrons. The Balaban J connectivity index is 2.30. The van der Waals surface area contributed by atoms with Crippen molar-refractivity contribution in [1.82, 2.24) is 15.0 Å². The second-order valence-electron chi connectivity index (χ2n) is 7.08. The zero-order valence-corrected chi connectivity index (χ0v) is 14.9. The summed E-state index contributed by atoms with van der Waals surface area (Å²) in [6.45, 7) is 8.19. The van der Waals surface area contributed by atoms with Gasteiger partial charge in [0.25, 0.3) is 11.8 Å². The van der Waals surface area contributed by atoms with Crippen LogP contribution in [0.25, 0.3) is 11.5 Å². The molecule has 6 heteroatoms. The van der Waals surface area contributed by atoms with Crippen molar-refractivity contribution in [3.8, 4) is 11.5 Å². The number of rotatable bonds is 5. The van der Waals surface area contributed by atoms with Gasteiger partial charge in [-0.3, -0.25) is 4.79 Å². The molecular weight excluding hydrogens is 306 g/mol. The molecule has 2 aromatic rings. The number of aliphatic hydroxyl groups is 1. The van der Waals surface area contributed by atoms with E-state index < -0.39 is 6.10 Å². The SMILES string of the molecule is C[C@@H](O)CCN(C)C(=O)c1ccccc1-c1nc(C(C)(C)C)no1. The van der Waals surface area contributed by atoms with E-state index in [4.69, 9.17) is 4.52 Å². The summed E-state index contributed by atoms with van der Waals surface area (Å²) in [7, 11) is 1.72. The van der Waals surface area contributed by atoms with Crippen molar-refractivity contribution in [2.24, 2.45) is 0 Å². The second kappa shape index (κ2) is 7.13. The molecule has 0 saturated carbocycles. The minimum absolute atomic E-state index is 0.137. The van der Waals surface area contributed by atoms with Crippen LogP contribution in [0.4, 0.5) is 0 Å². The molecule has 1 heterocycles. The van der Waals surface area contributed by atoms with Crippen LogP contribution in [0.5, 0.6) is 0 Å². The van der Waals surface area contributed by atoms with Crippen LogP contribution in [0.2, 0.25) is 0 Å². The quantitative estimate of drug-likeness (QED) is 0.911. The van der Waals surface area contributed by atoms with Gasteiger partial charge in [0.05, 0.1) is 17.2 Å². The lowest BCUT2D eigenvalue weighted by Crippen LogP contribution is -2.29. The number of hydrogen-bond acceptors (Lipinski definition) is 5. The molecule has 24 heavy (non-hydrogen) atoms. The molecule has 130 valence electrons. The number of amides is 1. The van der Waals surface area contributed by atoms with Gasteiger partial charge in [0.1, 0.15) is 0 Å². The first kappa shape index (κ1) is 18.1. The highest BCUT2D eigenvalue weighted by atomic mass is 16.5. The van der Waals surface area contributed by atoms with Crippen molar-refractivity contribution < 1.29 is 14.4 Å². The smallest absolute Gasteiger partial charge is 0.258 e. The number of hydrogen-bond donors (Lipinski definition) is 1. The van der Waals surface area contributed by atoms with Crippen LogP contribution in [-0.4, -0.2) is 45.8 Å². The van der Waals surface area contributed by atoms with Gasteiger partial charge < -0.3 is 14.5 Å². The number of carbonyl (C=O) groups excluding carboxylic acids is 1. The largest absolute Gasteiger partial charge is 0.393 e. The van der Waals surface area contributed by atoms with Crippen molar-refractivity contribution in [2.45, 2.75) is 45.6 Å². The zero-order valence-electron chi connectivity index (χ0n) is 14.9. The van der Waals surface area contributed by atoms with Crippen molar-refractivity contribution in [3.05, 3.63) is 35.7 Å². The maximum absolute atomic E-state index is 12.7. The highest BCUT2D eigenvalue weighted by Crippen LogP contribution is 2.26. The molecule has 0 aliphatic heterocycles. The first-order valence-corrected chi connectivity index (χ1v) is 8.07. The summed E-state index contributed by atoms with van der Waals surface area (Å²) < 4.78 is 5.37. The van der Waals surface area contributed by atoms with Crippen LogP contribution in [0.3, 0.4) is 0 Å². The fourth-order valence-electron chi connectivity index (χ4n) is 2.18. The Morgan fingerprint density at radius 3 is 2.58 bits per heavy atom. The molecule has 1 amide bonds. The van der Waals surface area contributed by atoms with Crippen molar-refractivity contribution >= 4 is 5.91 Å². The summed E-state index contributed by atoms with van der Waals surface area (Å²) in [6.07, 6.45) is 0.0832. The molecule has 0 aliphatic carbocycles. The van der Waals surface area contributed by atoms with Crippen LogP contribution >= 0.6 is 0 Å². The summed E-state index contributed by atoms with van der Waals surface area (Å²) in [5.74, 6) is 0.803. The van der Waals surface area contributed by atoms with Crippen LogP contribution < -0.4 is 0 Å². The Kier molecular flexibility index (Phi) is 5.39. The van der Waals surface area contributed by atoms with Gasteiger partial charge in [-0.25, -0.2) is 0 Å². The Morgan fingerprint density at radius 2 is 2.00 bits per heavy atom. The molecule has 0 aliphatic rings. The molecule has 1 aromatic heterocycles. The topological polar surface area (TPSA) is 79.5 Å². The van der Waals surface area contributed by atoms with Gasteiger partial charge in [-0.15, -0.1) is 0 Å². The van der Waals surface area contributed by atoms with E-state index in [0.717, 1.165) is 0 Å². The highest BCUT2D eigenvalue weighted by Gasteiger charge is 2.24. The lowest BCUT2D eigenvalue weighted by Gasteiger charge is -2.19. The molecule has 1 N–H and O–H groups in total. The van der Waals surface area contributed by atoms with Crippen molar-refractivity contribution in [3.63, 3.8) is 0 Å². The average Bonchev–Trinajstić information content (AvgIpc) is 3.02. The van der Waals surface area contributed by atoms with E-state index in [1.807, 2.05) is 26.8 Å². The number of nitrogens with zero attached hydrogens (tertiary/aromatic N) is 3. The van der Waals surface area contributed by atoms with E-state index in [2.05, 4.69) is 10.1 Å². The fourth-order valence-corrected chi connectivity index (χ4v) is 2.18. The van der Waals surface area contributed by atoms with Gasteiger partial charge in [0.15, 0.2) is 5.82 Å². The zero-order chi connectivity index (χ0) is 17.9. The number of aliphatic hydroxyl groups excluding tert-OH is 1. The molecule has 1 atom stereocenters. The van der Waals surface area contributed by atoms with Crippen LogP contribution in [0.1, 0.15) is 50.3 Å². The molecule has 2 rings (SSSR count). The summed E-state index contributed by atoms with van der Waals surface area (Å²) in [4.78, 5) is 18.7. The van der Waals surface area contributed by atoms with Crippen LogP contribution in [-0.2, 0) is 5.41 Å². The second-order valence-corrected chi connectivity index (χ2v) is 7.08. The first-order valence-electron chi connectivity index (χ1n) is 8.07. The van der Waals surface area contributed by atoms with E-state index in [-0.39, 0.29) is 11.3 Å². The lowest BCUT2D eigenvalue weighted by molar-refractivity contribution is 0.0769. The van der Waals surface area contributed by atoms with Crippen molar-refractivity contribution in [1.29, 1.82) is 0 Å². The van der Waals surface area contributed by atoms with Gasteiger partial charge in [-0.05, 0) is 25.5 Å². The summed E-state index contributed by atoms with van der Waals surface area (Å²) in [5.41, 5.74) is 0.901. The third-order valence-electron chi connectivity index (χ3n) is 3.71. The summed E-state index contributed by atoms with van der Waals surface area (Å²) in [6, 6.07) is 7.19. The average molecular weight is 331 g/mol. The van der Waals surface area contributed by atoms with E-state index in [0.29, 0.717) is 35.8 Å². The Morgan fingerprint density at radius 1 is 1.33 bits per heavy atom. The third-order valence-corrected chi connectivity index (χ3v) is 3.71. The monoisotopic (exact) mass is 331 g/mol. The fraction of sp³-hybridized carbons (Fsp3) is 0.500. The van der Waals surface area contributed by atoms with E-state index >= 15 is 0 Å². The van der Waals surface area contributed by atoms with Crippen molar-refractivity contribution in [2.75, 3.05) is 13.6 Å². The minimum atomic E-state index is -0.444. The lowest BCUT2D eigenvalue weighted by atomic mass is 9.96. The molecule has 1 aromatic carbocycles. The third kappa shape index (κ3) is 4.20. The van der Waals surface area contributed by atoms with Gasteiger partial charge in [-0.2, -0.15) is 4.98 Å². The Hall–Kier alpha value is -2.21. The molecule has 0 spiro atoms. The van der Waals surface area contributed by atoms with Gasteiger partial charge >= 0.3 is 0 Å². The standard InChI is InChI=1S/C18H25N3O3/c1-12(22)10-11-21(5)16(23)14-9-7-6-8-13(14)15-19-17(20-24-15)18(2,3)4/h6-9,12,22H,10-11H2,1-5H3/t12-/m1/s1. The van der Waals surface area contributed by atoms with Gasteiger partial charge in [0.2, 0.25) is 0 Å². The van der Waals surface area contributed by atoms with E-state index in [9.17, 15) is 9.90 Å². The minimum Gasteiger partial charge on any atom is -0.393 e. The Bertz CT molecular complexity index is 702. The molecule has 6 nitrogen and oxygen atoms in total. The van der Waals surface area contributed by atoms with Crippen LogP contribution in [0, 0.1) is 0 Å². The number of benzene rings is 1. The maximum atomic E-state index is 12.7. The molecule has 0 bridgehead atoms. The molecule has 0 saturated heterocycles. The molecular formula is C18H25N3O3. The normalized spacial score (nSPS) is 12.9. The van der Waals surface area contributed by atoms with Gasteiger partial charge in [0, 0.05) is 19.0 Å². The first-order chi connectivity index (χ1) is 11.2. The molecule has 0 unspecified atom stereocenters. The van der Waals surface area contributed by atoms with E-state index in [1.54, 1.807) is 37.1 Å². The Labute approximate surface area is 142 Å². The van der Waals surface area contributed by atoms with E-state index in [1.165, 1.54) is 0 Å². The highest BCUT2D eigenvalue weighted by molar-refractivity contribution is 5.99. The summed E-state index contributed by atoms with van der Waals surface area (Å²) in [5, 5.41) is 13.4. The van der Waals surface area contributed by atoms with Crippen LogP contribution in [0.15, 0.2) is 28.8 Å². The molecule has 0 fully saturated rings.